The molecule has 1 rings (SSSR count). The lowest BCUT2D eigenvalue weighted by molar-refractivity contribution is -0.300. The third-order valence-corrected chi connectivity index (χ3v) is 2.76. The van der Waals surface area contributed by atoms with Gasteiger partial charge in [0.05, 0.1) is 6.61 Å². The zero-order valence-corrected chi connectivity index (χ0v) is 10.1. The lowest BCUT2D eigenvalue weighted by Crippen LogP contribution is -2.60. The summed E-state index contributed by atoms with van der Waals surface area (Å²) in [6, 6.07) is 0. The van der Waals surface area contributed by atoms with E-state index in [0.29, 0.717) is 6.61 Å². The van der Waals surface area contributed by atoms with E-state index in [0.717, 1.165) is 0 Å². The topological polar surface area (TPSA) is 66.4 Å². The van der Waals surface area contributed by atoms with Crippen molar-refractivity contribution >= 4 is 0 Å². The third-order valence-electron chi connectivity index (χ3n) is 2.76. The van der Waals surface area contributed by atoms with Crippen LogP contribution < -0.4 is 0 Å². The largest absolute Gasteiger partial charge is 0.382 e. The molecule has 0 aliphatic carbocycles. The SMILES string of the molecule is COC[C@@H]1O[C@@H](O)[C@@H](OC)[C@@H](OC)[C@@H]1OC. The van der Waals surface area contributed by atoms with Gasteiger partial charge < -0.3 is 28.8 Å². The van der Waals surface area contributed by atoms with Crippen LogP contribution in [0.2, 0.25) is 0 Å². The van der Waals surface area contributed by atoms with Gasteiger partial charge in [-0.1, -0.05) is 0 Å². The molecule has 0 aromatic heterocycles. The van der Waals surface area contributed by atoms with Crippen LogP contribution in [-0.4, -0.2) is 70.9 Å². The molecular weight excluding hydrogens is 216 g/mol. The fraction of sp³-hybridized carbons (Fsp3) is 1.00. The molecule has 96 valence electrons. The molecule has 1 aliphatic heterocycles. The van der Waals surface area contributed by atoms with Crippen molar-refractivity contribution in [1.29, 1.82) is 0 Å². The van der Waals surface area contributed by atoms with Crippen LogP contribution in [0.25, 0.3) is 0 Å². The van der Waals surface area contributed by atoms with E-state index in [2.05, 4.69) is 0 Å². The van der Waals surface area contributed by atoms with Crippen molar-refractivity contribution in [3.05, 3.63) is 0 Å². The fourth-order valence-corrected chi connectivity index (χ4v) is 2.00. The Bertz CT molecular complexity index is 200. The van der Waals surface area contributed by atoms with E-state index in [4.69, 9.17) is 23.7 Å². The van der Waals surface area contributed by atoms with E-state index in [9.17, 15) is 5.11 Å². The highest BCUT2D eigenvalue weighted by molar-refractivity contribution is 4.91. The maximum absolute atomic E-state index is 9.74. The Morgan fingerprint density at radius 3 is 1.94 bits per heavy atom. The van der Waals surface area contributed by atoms with E-state index >= 15 is 0 Å². The molecule has 1 fully saturated rings. The standard InChI is InChI=1S/C10H20O6/c1-12-5-6-7(13-2)8(14-3)9(15-4)10(11)16-6/h6-11H,5H2,1-4H3/t6-,7+,8-,9-,10+/m0/s1. The molecule has 0 aromatic rings. The highest BCUT2D eigenvalue weighted by Crippen LogP contribution is 2.25. The minimum absolute atomic E-state index is 0.325. The lowest BCUT2D eigenvalue weighted by Gasteiger charge is -2.42. The maximum Gasteiger partial charge on any atom is 0.184 e. The summed E-state index contributed by atoms with van der Waals surface area (Å²) in [6.45, 7) is 0.325. The zero-order chi connectivity index (χ0) is 12.1. The molecule has 1 saturated heterocycles. The monoisotopic (exact) mass is 236 g/mol. The van der Waals surface area contributed by atoms with Gasteiger partial charge in [0.1, 0.15) is 24.4 Å². The first kappa shape index (κ1) is 13.8. The number of aliphatic hydroxyl groups excluding tert-OH is 1. The van der Waals surface area contributed by atoms with Crippen molar-refractivity contribution < 1.29 is 28.8 Å². The van der Waals surface area contributed by atoms with E-state index < -0.39 is 12.4 Å². The predicted molar refractivity (Wildman–Crippen MR) is 55.1 cm³/mol. The molecule has 0 bridgehead atoms. The Morgan fingerprint density at radius 1 is 0.938 bits per heavy atom. The Hall–Kier alpha value is -0.240. The van der Waals surface area contributed by atoms with Crippen LogP contribution in [0.15, 0.2) is 0 Å². The molecule has 1 aliphatic rings. The van der Waals surface area contributed by atoms with Crippen molar-refractivity contribution in [2.24, 2.45) is 0 Å². The van der Waals surface area contributed by atoms with Crippen LogP contribution in [-0.2, 0) is 23.7 Å². The van der Waals surface area contributed by atoms with Gasteiger partial charge in [-0.3, -0.25) is 0 Å². The Kier molecular flexibility index (Phi) is 5.60. The van der Waals surface area contributed by atoms with Crippen LogP contribution >= 0.6 is 0 Å². The van der Waals surface area contributed by atoms with Gasteiger partial charge in [-0.15, -0.1) is 0 Å². The van der Waals surface area contributed by atoms with E-state index in [1.165, 1.54) is 7.11 Å². The summed E-state index contributed by atoms with van der Waals surface area (Å²) in [5, 5.41) is 9.74. The summed E-state index contributed by atoms with van der Waals surface area (Å²) < 4.78 is 26.1. The van der Waals surface area contributed by atoms with Crippen molar-refractivity contribution in [2.75, 3.05) is 35.0 Å². The van der Waals surface area contributed by atoms with Gasteiger partial charge in [-0.25, -0.2) is 0 Å². The van der Waals surface area contributed by atoms with Gasteiger partial charge in [-0.2, -0.15) is 0 Å². The molecule has 1 N–H and O–H groups in total. The minimum Gasteiger partial charge on any atom is -0.382 e. The second kappa shape index (κ2) is 6.48. The number of methoxy groups -OCH3 is 4. The molecule has 0 aromatic carbocycles. The quantitative estimate of drug-likeness (QED) is 0.687. The van der Waals surface area contributed by atoms with E-state index in [1.807, 2.05) is 0 Å². The van der Waals surface area contributed by atoms with Crippen LogP contribution in [0.5, 0.6) is 0 Å². The summed E-state index contributed by atoms with van der Waals surface area (Å²) in [7, 11) is 6.16. The Labute approximate surface area is 95.4 Å². The summed E-state index contributed by atoms with van der Waals surface area (Å²) in [6.07, 6.45) is -2.71. The second-order valence-corrected chi connectivity index (χ2v) is 3.62. The normalized spacial score (nSPS) is 39.9. The van der Waals surface area contributed by atoms with Crippen LogP contribution in [0.1, 0.15) is 0 Å². The van der Waals surface area contributed by atoms with Crippen LogP contribution in [0, 0.1) is 0 Å². The van der Waals surface area contributed by atoms with Crippen molar-refractivity contribution in [3.63, 3.8) is 0 Å². The highest BCUT2D eigenvalue weighted by Gasteiger charge is 2.46. The number of aliphatic hydroxyl groups is 1. The molecule has 0 spiro atoms. The molecule has 6 nitrogen and oxygen atoms in total. The molecule has 16 heavy (non-hydrogen) atoms. The van der Waals surface area contributed by atoms with Crippen LogP contribution in [0.4, 0.5) is 0 Å². The predicted octanol–water partition coefficient (Wildman–Crippen LogP) is -0.605. The third kappa shape index (κ3) is 2.71. The molecule has 5 atom stereocenters. The van der Waals surface area contributed by atoms with Gasteiger partial charge in [0.2, 0.25) is 0 Å². The van der Waals surface area contributed by atoms with Gasteiger partial charge in [0.25, 0.3) is 0 Å². The number of hydrogen-bond donors (Lipinski definition) is 1. The van der Waals surface area contributed by atoms with E-state index in [-0.39, 0.29) is 18.3 Å². The van der Waals surface area contributed by atoms with Gasteiger partial charge in [0, 0.05) is 28.4 Å². The van der Waals surface area contributed by atoms with E-state index in [1.54, 1.807) is 21.3 Å². The average Bonchev–Trinajstić information content (AvgIpc) is 2.28. The minimum atomic E-state index is -1.04. The first-order valence-corrected chi connectivity index (χ1v) is 5.10. The summed E-state index contributed by atoms with van der Waals surface area (Å²) >= 11 is 0. The number of hydrogen-bond acceptors (Lipinski definition) is 6. The lowest BCUT2D eigenvalue weighted by atomic mass is 9.98. The molecule has 1 heterocycles. The van der Waals surface area contributed by atoms with Crippen molar-refractivity contribution in [1.82, 2.24) is 0 Å². The Balaban J connectivity index is 2.78. The van der Waals surface area contributed by atoms with Crippen LogP contribution in [0.3, 0.4) is 0 Å². The molecule has 6 heteroatoms. The maximum atomic E-state index is 9.74. The molecule has 0 amide bonds. The summed E-state index contributed by atoms with van der Waals surface area (Å²) in [4.78, 5) is 0. The van der Waals surface area contributed by atoms with Gasteiger partial charge in [0.15, 0.2) is 6.29 Å². The fourth-order valence-electron chi connectivity index (χ4n) is 2.00. The summed E-state index contributed by atoms with van der Waals surface area (Å²) in [5.74, 6) is 0. The molecule has 0 saturated carbocycles. The summed E-state index contributed by atoms with van der Waals surface area (Å²) in [5.41, 5.74) is 0. The van der Waals surface area contributed by atoms with Crippen molar-refractivity contribution in [3.8, 4) is 0 Å². The molecule has 0 radical (unpaired) electrons. The molecular formula is C10H20O6. The first-order valence-electron chi connectivity index (χ1n) is 5.10. The molecule has 0 unspecified atom stereocenters. The smallest absolute Gasteiger partial charge is 0.184 e. The Morgan fingerprint density at radius 2 is 1.50 bits per heavy atom. The van der Waals surface area contributed by atoms with Crippen molar-refractivity contribution in [2.45, 2.75) is 30.7 Å². The average molecular weight is 236 g/mol. The first-order chi connectivity index (χ1) is 7.69. The number of rotatable bonds is 5. The highest BCUT2D eigenvalue weighted by atomic mass is 16.7. The number of ether oxygens (including phenoxy) is 5. The van der Waals surface area contributed by atoms with Gasteiger partial charge >= 0.3 is 0 Å². The zero-order valence-electron chi connectivity index (χ0n) is 10.1. The second-order valence-electron chi connectivity index (χ2n) is 3.62. The van der Waals surface area contributed by atoms with Gasteiger partial charge in [-0.05, 0) is 0 Å².